The van der Waals surface area contributed by atoms with E-state index >= 15 is 0 Å². The largest absolute Gasteiger partial charge is 0.398 e. The molecule has 2 nitrogen and oxygen atoms in total. The van der Waals surface area contributed by atoms with Gasteiger partial charge in [-0.2, -0.15) is 0 Å². The second-order valence-corrected chi connectivity index (χ2v) is 5.59. The van der Waals surface area contributed by atoms with Crippen molar-refractivity contribution in [1.82, 2.24) is 4.98 Å². The van der Waals surface area contributed by atoms with Gasteiger partial charge in [-0.1, -0.05) is 48.5 Å². The van der Waals surface area contributed by atoms with Crippen molar-refractivity contribution in [3.05, 3.63) is 72.3 Å². The summed E-state index contributed by atoms with van der Waals surface area (Å²) in [5, 5.41) is 3.71. The first-order valence-corrected chi connectivity index (χ1v) is 7.38. The Morgan fingerprint density at radius 3 is 2.50 bits per heavy atom. The van der Waals surface area contributed by atoms with Crippen LogP contribution >= 0.6 is 0 Å². The Morgan fingerprint density at radius 2 is 1.64 bits per heavy atom. The molecule has 0 amide bonds. The summed E-state index contributed by atoms with van der Waals surface area (Å²) in [4.78, 5) is 4.84. The van der Waals surface area contributed by atoms with E-state index in [-0.39, 0.29) is 0 Å². The third kappa shape index (κ3) is 1.92. The molecule has 4 rings (SSSR count). The van der Waals surface area contributed by atoms with E-state index in [9.17, 15) is 0 Å². The van der Waals surface area contributed by atoms with Crippen LogP contribution in [0.15, 0.2) is 66.7 Å². The molecule has 0 unspecified atom stereocenters. The van der Waals surface area contributed by atoms with Crippen molar-refractivity contribution in [2.75, 3.05) is 5.73 Å². The smallest absolute Gasteiger partial charge is 0.0733 e. The number of fused-ring (bicyclic) bond motifs is 3. The van der Waals surface area contributed by atoms with Gasteiger partial charge >= 0.3 is 0 Å². The molecule has 2 heteroatoms. The molecule has 106 valence electrons. The zero-order chi connectivity index (χ0) is 15.1. The zero-order valence-electron chi connectivity index (χ0n) is 12.4. The van der Waals surface area contributed by atoms with Crippen LogP contribution in [0.5, 0.6) is 0 Å². The molecule has 0 spiro atoms. The van der Waals surface area contributed by atoms with Gasteiger partial charge in [-0.15, -0.1) is 0 Å². The molecule has 1 heterocycles. The molecule has 0 bridgehead atoms. The Labute approximate surface area is 129 Å². The van der Waals surface area contributed by atoms with E-state index in [4.69, 9.17) is 10.7 Å². The lowest BCUT2D eigenvalue weighted by Gasteiger charge is -2.11. The minimum atomic E-state index is 0.759. The highest BCUT2D eigenvalue weighted by molar-refractivity contribution is 6.08. The molecule has 0 radical (unpaired) electrons. The molecule has 4 aromatic rings. The molecule has 0 aliphatic carbocycles. The molecule has 0 saturated heterocycles. The molecule has 2 N–H and O–H groups in total. The molecule has 3 aromatic carbocycles. The number of hydrogen-bond donors (Lipinski definition) is 1. The quantitative estimate of drug-likeness (QED) is 0.397. The molecule has 0 aliphatic heterocycles. The summed E-state index contributed by atoms with van der Waals surface area (Å²) in [5.74, 6) is 0. The monoisotopic (exact) mass is 284 g/mol. The number of benzene rings is 3. The minimum Gasteiger partial charge on any atom is -0.398 e. The lowest BCUT2D eigenvalue weighted by Crippen LogP contribution is -1.94. The lowest BCUT2D eigenvalue weighted by molar-refractivity contribution is 1.37. The maximum absolute atomic E-state index is 6.10. The van der Waals surface area contributed by atoms with Gasteiger partial charge in [0.25, 0.3) is 0 Å². The number of nitrogen functional groups attached to an aromatic ring is 1. The van der Waals surface area contributed by atoms with E-state index in [1.54, 1.807) is 0 Å². The Hall–Kier alpha value is -2.87. The van der Waals surface area contributed by atoms with Crippen molar-refractivity contribution < 1.29 is 0 Å². The summed E-state index contributed by atoms with van der Waals surface area (Å²) in [6.07, 6.45) is 0. The normalized spacial score (nSPS) is 11.1. The lowest BCUT2D eigenvalue weighted by atomic mass is 9.99. The van der Waals surface area contributed by atoms with Gasteiger partial charge in [0.2, 0.25) is 0 Å². The molecular weight excluding hydrogens is 268 g/mol. The van der Waals surface area contributed by atoms with Crippen molar-refractivity contribution in [1.29, 1.82) is 0 Å². The predicted octanol–water partition coefficient (Wildman–Crippen LogP) is 4.95. The van der Waals surface area contributed by atoms with Crippen molar-refractivity contribution in [3.8, 4) is 11.3 Å². The van der Waals surface area contributed by atoms with Crippen LogP contribution in [-0.2, 0) is 0 Å². The molecule has 1 aromatic heterocycles. The summed E-state index contributed by atoms with van der Waals surface area (Å²) in [7, 11) is 0. The van der Waals surface area contributed by atoms with E-state index in [0.717, 1.165) is 22.5 Å². The van der Waals surface area contributed by atoms with Gasteiger partial charge in [0.15, 0.2) is 0 Å². The van der Waals surface area contributed by atoms with Crippen LogP contribution in [0.4, 0.5) is 5.69 Å². The van der Waals surface area contributed by atoms with Gasteiger partial charge in [-0.25, -0.2) is 4.98 Å². The molecule has 22 heavy (non-hydrogen) atoms. The third-order valence-electron chi connectivity index (χ3n) is 4.13. The summed E-state index contributed by atoms with van der Waals surface area (Å²) >= 11 is 0. The van der Waals surface area contributed by atoms with Crippen molar-refractivity contribution in [2.45, 2.75) is 6.92 Å². The summed E-state index contributed by atoms with van der Waals surface area (Å²) < 4.78 is 0. The SMILES string of the molecule is Cc1cc(-c2ccccc2N)nc2ccc3ccccc3c12. The van der Waals surface area contributed by atoms with Crippen molar-refractivity contribution >= 4 is 27.4 Å². The van der Waals surface area contributed by atoms with Gasteiger partial charge in [0.05, 0.1) is 11.2 Å². The van der Waals surface area contributed by atoms with Crippen LogP contribution in [0.3, 0.4) is 0 Å². The van der Waals surface area contributed by atoms with Crippen molar-refractivity contribution in [3.63, 3.8) is 0 Å². The van der Waals surface area contributed by atoms with Crippen LogP contribution in [0, 0.1) is 6.92 Å². The van der Waals surface area contributed by atoms with E-state index in [2.05, 4.69) is 49.4 Å². The van der Waals surface area contributed by atoms with Crippen molar-refractivity contribution in [2.24, 2.45) is 0 Å². The Morgan fingerprint density at radius 1 is 0.864 bits per heavy atom. The fourth-order valence-electron chi connectivity index (χ4n) is 3.08. The topological polar surface area (TPSA) is 38.9 Å². The number of anilines is 1. The predicted molar refractivity (Wildman–Crippen MR) is 93.8 cm³/mol. The van der Waals surface area contributed by atoms with Gasteiger partial charge in [-0.05, 0) is 41.5 Å². The first-order valence-electron chi connectivity index (χ1n) is 7.38. The Balaban J connectivity index is 2.06. The van der Waals surface area contributed by atoms with Gasteiger partial charge in [-0.3, -0.25) is 0 Å². The summed E-state index contributed by atoms with van der Waals surface area (Å²) in [5.41, 5.74) is 11.0. The average molecular weight is 284 g/mol. The van der Waals surface area contributed by atoms with Crippen LogP contribution in [0.2, 0.25) is 0 Å². The van der Waals surface area contributed by atoms with E-state index in [1.165, 1.54) is 21.7 Å². The highest BCUT2D eigenvalue weighted by atomic mass is 14.7. The van der Waals surface area contributed by atoms with E-state index in [1.807, 2.05) is 24.3 Å². The highest BCUT2D eigenvalue weighted by Gasteiger charge is 2.09. The molecular formula is C20H16N2. The number of nitrogens with zero attached hydrogens (tertiary/aromatic N) is 1. The molecule has 0 atom stereocenters. The minimum absolute atomic E-state index is 0.759. The number of nitrogens with two attached hydrogens (primary N) is 1. The van der Waals surface area contributed by atoms with Crippen LogP contribution < -0.4 is 5.73 Å². The Bertz CT molecular complexity index is 1000. The Kier molecular flexibility index (Phi) is 2.83. The number of aryl methyl sites for hydroxylation is 1. The van der Waals surface area contributed by atoms with Crippen LogP contribution in [0.25, 0.3) is 32.9 Å². The standard InChI is InChI=1S/C20H16N2/c1-13-12-19(16-8-4-5-9-17(16)21)22-18-11-10-14-6-2-3-7-15(14)20(13)18/h2-12H,21H2,1H3. The fraction of sp³-hybridized carbons (Fsp3) is 0.0500. The number of rotatable bonds is 1. The fourth-order valence-corrected chi connectivity index (χ4v) is 3.08. The zero-order valence-corrected chi connectivity index (χ0v) is 12.4. The van der Waals surface area contributed by atoms with E-state index in [0.29, 0.717) is 0 Å². The first kappa shape index (κ1) is 12.8. The second kappa shape index (κ2) is 4.85. The number of aromatic nitrogens is 1. The molecule has 0 fully saturated rings. The van der Waals surface area contributed by atoms with E-state index < -0.39 is 0 Å². The van der Waals surface area contributed by atoms with Gasteiger partial charge in [0, 0.05) is 16.6 Å². The molecule has 0 aliphatic rings. The van der Waals surface area contributed by atoms with Gasteiger partial charge < -0.3 is 5.73 Å². The maximum atomic E-state index is 6.10. The second-order valence-electron chi connectivity index (χ2n) is 5.59. The summed E-state index contributed by atoms with van der Waals surface area (Å²) in [6.45, 7) is 2.14. The maximum Gasteiger partial charge on any atom is 0.0733 e. The summed E-state index contributed by atoms with van der Waals surface area (Å²) in [6, 6.07) is 22.6. The average Bonchev–Trinajstić information content (AvgIpc) is 2.54. The first-order chi connectivity index (χ1) is 10.7. The molecule has 0 saturated carbocycles. The number of hydrogen-bond acceptors (Lipinski definition) is 2. The number of para-hydroxylation sites is 1. The van der Waals surface area contributed by atoms with Crippen LogP contribution in [0.1, 0.15) is 5.56 Å². The van der Waals surface area contributed by atoms with Crippen LogP contribution in [-0.4, -0.2) is 4.98 Å². The van der Waals surface area contributed by atoms with Gasteiger partial charge in [0.1, 0.15) is 0 Å². The number of pyridine rings is 1. The third-order valence-corrected chi connectivity index (χ3v) is 4.13. The highest BCUT2D eigenvalue weighted by Crippen LogP contribution is 2.31.